The summed E-state index contributed by atoms with van der Waals surface area (Å²) < 4.78 is 5.29. The minimum absolute atomic E-state index is 0.228. The molecule has 0 radical (unpaired) electrons. The molecule has 1 aromatic rings. The number of ether oxygens (including phenoxy) is 1. The fraction of sp³-hybridized carbons (Fsp3) is 0.278. The molecule has 0 aromatic heterocycles. The highest BCUT2D eigenvalue weighted by molar-refractivity contribution is 5.71. The van der Waals surface area contributed by atoms with Crippen LogP contribution in [0, 0.1) is 11.8 Å². The summed E-state index contributed by atoms with van der Waals surface area (Å²) in [5.41, 5.74) is 2.52. The van der Waals surface area contributed by atoms with Crippen molar-refractivity contribution in [3.05, 3.63) is 58.5 Å². The minimum atomic E-state index is -0.228. The Bertz CT molecular complexity index is 722. The second kappa shape index (κ2) is 5.12. The Morgan fingerprint density at radius 1 is 1.30 bits per heavy atom. The summed E-state index contributed by atoms with van der Waals surface area (Å²) in [5, 5.41) is 2.41. The van der Waals surface area contributed by atoms with E-state index in [9.17, 15) is 4.79 Å². The standard InChI is InChI=1S/C18H18O2/c1-12-6-5-8-15-10-14-7-3-4-9-16(14)17(18(12)15)11-20-13(2)19/h3-10,12,18H,11H2,1-2H3. The molecule has 0 bridgehead atoms. The minimum Gasteiger partial charge on any atom is -0.461 e. The molecular weight excluding hydrogens is 248 g/mol. The first-order valence-electron chi connectivity index (χ1n) is 6.98. The quantitative estimate of drug-likeness (QED) is 0.765. The van der Waals surface area contributed by atoms with Crippen LogP contribution in [0.3, 0.4) is 0 Å². The molecule has 2 nitrogen and oxygen atoms in total. The van der Waals surface area contributed by atoms with E-state index in [1.807, 2.05) is 12.1 Å². The molecule has 3 rings (SSSR count). The lowest BCUT2D eigenvalue weighted by atomic mass is 9.75. The number of benzene rings is 1. The first kappa shape index (κ1) is 12.9. The van der Waals surface area contributed by atoms with Crippen LogP contribution in [0.5, 0.6) is 0 Å². The number of hydrogen-bond donors (Lipinski definition) is 0. The SMILES string of the molecule is CC(=O)OCC1=c2ccccc2=CC2=CC=CC(C)C21. The van der Waals surface area contributed by atoms with Crippen molar-refractivity contribution in [2.24, 2.45) is 11.8 Å². The number of hydrogen-bond acceptors (Lipinski definition) is 2. The highest BCUT2D eigenvalue weighted by Crippen LogP contribution is 2.34. The summed E-state index contributed by atoms with van der Waals surface area (Å²) in [4.78, 5) is 11.2. The molecule has 2 aliphatic rings. The van der Waals surface area contributed by atoms with E-state index in [-0.39, 0.29) is 5.97 Å². The van der Waals surface area contributed by atoms with Crippen molar-refractivity contribution in [2.75, 3.05) is 6.61 Å². The molecule has 1 aromatic carbocycles. The van der Waals surface area contributed by atoms with Gasteiger partial charge in [-0.05, 0) is 27.5 Å². The number of allylic oxidation sites excluding steroid dienone is 4. The Morgan fingerprint density at radius 2 is 2.10 bits per heavy atom. The first-order chi connectivity index (χ1) is 9.66. The van der Waals surface area contributed by atoms with Gasteiger partial charge in [0.15, 0.2) is 0 Å². The molecule has 0 saturated carbocycles. The summed E-state index contributed by atoms with van der Waals surface area (Å²) in [6, 6.07) is 8.32. The normalized spacial score (nSPS) is 23.3. The fourth-order valence-electron chi connectivity index (χ4n) is 3.13. The molecular formula is C18H18O2. The Hall–Kier alpha value is -2.09. The van der Waals surface area contributed by atoms with E-state index >= 15 is 0 Å². The lowest BCUT2D eigenvalue weighted by molar-refractivity contribution is -0.139. The van der Waals surface area contributed by atoms with Gasteiger partial charge in [-0.15, -0.1) is 0 Å². The molecule has 2 unspecified atom stereocenters. The van der Waals surface area contributed by atoms with Crippen LogP contribution in [0.2, 0.25) is 0 Å². The molecule has 2 heteroatoms. The van der Waals surface area contributed by atoms with Crippen molar-refractivity contribution in [3.63, 3.8) is 0 Å². The summed E-state index contributed by atoms with van der Waals surface area (Å²) in [7, 11) is 0. The maximum absolute atomic E-state index is 11.2. The van der Waals surface area contributed by atoms with E-state index in [2.05, 4.69) is 43.4 Å². The monoisotopic (exact) mass is 266 g/mol. The topological polar surface area (TPSA) is 26.3 Å². The number of carbonyl (C=O) groups is 1. The molecule has 0 N–H and O–H groups in total. The molecule has 102 valence electrons. The van der Waals surface area contributed by atoms with Gasteiger partial charge in [0.2, 0.25) is 0 Å². The van der Waals surface area contributed by atoms with Crippen molar-refractivity contribution in [1.82, 2.24) is 0 Å². The maximum Gasteiger partial charge on any atom is 0.302 e. The summed E-state index contributed by atoms with van der Waals surface area (Å²) in [6.07, 6.45) is 8.74. The van der Waals surface area contributed by atoms with Gasteiger partial charge in [-0.3, -0.25) is 4.79 Å². The van der Waals surface area contributed by atoms with Crippen molar-refractivity contribution in [2.45, 2.75) is 13.8 Å². The van der Waals surface area contributed by atoms with Gasteiger partial charge < -0.3 is 4.74 Å². The second-order valence-corrected chi connectivity index (χ2v) is 5.43. The summed E-state index contributed by atoms with van der Waals surface area (Å²) in [5.74, 6) is 0.508. The molecule has 0 aliphatic heterocycles. The van der Waals surface area contributed by atoms with E-state index in [1.54, 1.807) is 0 Å². The van der Waals surface area contributed by atoms with E-state index in [1.165, 1.54) is 28.5 Å². The van der Waals surface area contributed by atoms with Crippen LogP contribution in [0.15, 0.2) is 48.1 Å². The highest BCUT2D eigenvalue weighted by atomic mass is 16.5. The van der Waals surface area contributed by atoms with Gasteiger partial charge in [0, 0.05) is 12.8 Å². The van der Waals surface area contributed by atoms with Crippen molar-refractivity contribution in [3.8, 4) is 0 Å². The molecule has 0 saturated heterocycles. The predicted octanol–water partition coefficient (Wildman–Crippen LogP) is 1.94. The van der Waals surface area contributed by atoms with Gasteiger partial charge in [0.25, 0.3) is 0 Å². The Labute approximate surface area is 118 Å². The molecule has 2 atom stereocenters. The number of esters is 1. The van der Waals surface area contributed by atoms with Gasteiger partial charge in [0.1, 0.15) is 6.61 Å². The van der Waals surface area contributed by atoms with Crippen LogP contribution in [0.1, 0.15) is 13.8 Å². The third-order valence-electron chi connectivity index (χ3n) is 4.02. The van der Waals surface area contributed by atoms with Crippen molar-refractivity contribution < 1.29 is 9.53 Å². The van der Waals surface area contributed by atoms with Crippen LogP contribution in [-0.2, 0) is 9.53 Å². The zero-order valence-electron chi connectivity index (χ0n) is 11.8. The zero-order chi connectivity index (χ0) is 14.1. The van der Waals surface area contributed by atoms with Crippen LogP contribution in [0.25, 0.3) is 11.6 Å². The van der Waals surface area contributed by atoms with Crippen LogP contribution < -0.4 is 10.4 Å². The summed E-state index contributed by atoms with van der Waals surface area (Å²) >= 11 is 0. The van der Waals surface area contributed by atoms with Gasteiger partial charge in [-0.1, -0.05) is 55.5 Å². The van der Waals surface area contributed by atoms with Crippen molar-refractivity contribution >= 4 is 17.6 Å². The number of carbonyl (C=O) groups excluding carboxylic acids is 1. The molecule has 0 fully saturated rings. The molecule has 0 spiro atoms. The average Bonchev–Trinajstić information content (AvgIpc) is 2.43. The average molecular weight is 266 g/mol. The Balaban J connectivity index is 2.18. The lowest BCUT2D eigenvalue weighted by Crippen LogP contribution is -2.37. The zero-order valence-corrected chi connectivity index (χ0v) is 11.8. The maximum atomic E-state index is 11.2. The van der Waals surface area contributed by atoms with Crippen LogP contribution in [-0.4, -0.2) is 12.6 Å². The molecule has 0 heterocycles. The van der Waals surface area contributed by atoms with E-state index in [0.29, 0.717) is 18.4 Å². The molecule has 20 heavy (non-hydrogen) atoms. The largest absolute Gasteiger partial charge is 0.461 e. The van der Waals surface area contributed by atoms with E-state index < -0.39 is 0 Å². The smallest absolute Gasteiger partial charge is 0.302 e. The van der Waals surface area contributed by atoms with Gasteiger partial charge in [-0.25, -0.2) is 0 Å². The number of fused-ring (bicyclic) bond motifs is 2. The first-order valence-corrected chi connectivity index (χ1v) is 6.98. The Morgan fingerprint density at radius 3 is 2.90 bits per heavy atom. The lowest BCUT2D eigenvalue weighted by Gasteiger charge is -2.30. The van der Waals surface area contributed by atoms with Crippen LogP contribution in [0.4, 0.5) is 0 Å². The fourth-order valence-corrected chi connectivity index (χ4v) is 3.13. The summed E-state index contributed by atoms with van der Waals surface area (Å²) in [6.45, 7) is 4.05. The van der Waals surface area contributed by atoms with Crippen molar-refractivity contribution in [1.29, 1.82) is 0 Å². The van der Waals surface area contributed by atoms with Crippen LogP contribution >= 0.6 is 0 Å². The number of rotatable bonds is 2. The highest BCUT2D eigenvalue weighted by Gasteiger charge is 2.27. The van der Waals surface area contributed by atoms with Gasteiger partial charge in [0.05, 0.1) is 0 Å². The van der Waals surface area contributed by atoms with E-state index in [4.69, 9.17) is 4.74 Å². The predicted molar refractivity (Wildman–Crippen MR) is 80.1 cm³/mol. The van der Waals surface area contributed by atoms with E-state index in [0.717, 1.165) is 0 Å². The molecule has 0 amide bonds. The van der Waals surface area contributed by atoms with Gasteiger partial charge in [-0.2, -0.15) is 0 Å². The third kappa shape index (κ3) is 2.22. The third-order valence-corrected chi connectivity index (χ3v) is 4.02. The second-order valence-electron chi connectivity index (χ2n) is 5.43. The van der Waals surface area contributed by atoms with Gasteiger partial charge >= 0.3 is 5.97 Å². The Kier molecular flexibility index (Phi) is 3.31. The molecule has 2 aliphatic carbocycles.